The molecule has 0 spiro atoms. The highest BCUT2D eigenvalue weighted by molar-refractivity contribution is 7.92. The number of halogens is 1. The Balaban J connectivity index is 2.07. The molecule has 0 fully saturated rings. The molecule has 3 rings (SSSR count). The summed E-state index contributed by atoms with van der Waals surface area (Å²) in [5.41, 5.74) is 0.925. The van der Waals surface area contributed by atoms with Gasteiger partial charge in [-0.1, -0.05) is 41.9 Å². The molecule has 0 bridgehead atoms. The molecule has 2 amide bonds. The molecule has 3 aromatic carbocycles. The fraction of sp³-hybridized carbons (Fsp3) is 0.286. The van der Waals surface area contributed by atoms with Gasteiger partial charge in [0.25, 0.3) is 10.0 Å². The number of ether oxygens (including phenoxy) is 2. The van der Waals surface area contributed by atoms with Gasteiger partial charge in [-0.05, 0) is 55.8 Å². The monoisotopic (exact) mass is 573 g/mol. The fourth-order valence-corrected chi connectivity index (χ4v) is 5.47. The topological polar surface area (TPSA) is 105 Å². The lowest BCUT2D eigenvalue weighted by atomic mass is 10.1. The molecule has 0 heterocycles. The molecular weight excluding hydrogens is 542 g/mol. The van der Waals surface area contributed by atoms with Gasteiger partial charge in [0.15, 0.2) is 11.5 Å². The van der Waals surface area contributed by atoms with Crippen molar-refractivity contribution in [3.05, 3.63) is 83.4 Å². The third kappa shape index (κ3) is 7.21. The van der Waals surface area contributed by atoms with E-state index >= 15 is 0 Å². The molecule has 3 aromatic rings. The van der Waals surface area contributed by atoms with Crippen molar-refractivity contribution < 1.29 is 27.5 Å². The predicted molar refractivity (Wildman–Crippen MR) is 151 cm³/mol. The Morgan fingerprint density at radius 1 is 0.949 bits per heavy atom. The summed E-state index contributed by atoms with van der Waals surface area (Å²) in [5.74, 6) is -0.232. The van der Waals surface area contributed by atoms with Gasteiger partial charge in [-0.2, -0.15) is 0 Å². The van der Waals surface area contributed by atoms with Crippen LogP contribution >= 0.6 is 11.6 Å². The van der Waals surface area contributed by atoms with E-state index in [0.29, 0.717) is 23.1 Å². The zero-order chi connectivity index (χ0) is 28.6. The van der Waals surface area contributed by atoms with Crippen LogP contribution in [0, 0.1) is 0 Å². The molecule has 9 nitrogen and oxygen atoms in total. The number of anilines is 1. The third-order valence-electron chi connectivity index (χ3n) is 6.05. The number of nitrogens with one attached hydrogen (secondary N) is 1. The number of nitrogens with zero attached hydrogens (tertiary/aromatic N) is 2. The lowest BCUT2D eigenvalue weighted by Gasteiger charge is -2.32. The first-order chi connectivity index (χ1) is 18.6. The summed E-state index contributed by atoms with van der Waals surface area (Å²) >= 11 is 6.02. The normalized spacial score (nSPS) is 11.8. The van der Waals surface area contributed by atoms with Crippen molar-refractivity contribution in [1.82, 2.24) is 10.2 Å². The largest absolute Gasteiger partial charge is 0.493 e. The van der Waals surface area contributed by atoms with Crippen molar-refractivity contribution in [2.45, 2.75) is 31.3 Å². The maximum absolute atomic E-state index is 13.9. The zero-order valence-corrected chi connectivity index (χ0v) is 23.8. The maximum atomic E-state index is 13.9. The fourth-order valence-electron chi connectivity index (χ4n) is 3.92. The van der Waals surface area contributed by atoms with Crippen LogP contribution in [0.25, 0.3) is 0 Å². The van der Waals surface area contributed by atoms with E-state index in [2.05, 4.69) is 5.32 Å². The van der Waals surface area contributed by atoms with Gasteiger partial charge in [-0.15, -0.1) is 0 Å². The molecule has 0 aromatic heterocycles. The Kier molecular flexibility index (Phi) is 10.2. The number of benzene rings is 3. The SMILES string of the molecule is CCNC(=O)[C@@H](C)N(Cc1ccc(Cl)cc1)C(=O)CN(c1ccc(OC)c(OC)c1)S(=O)(=O)c1ccccc1. The molecule has 11 heteroatoms. The number of carbonyl (C=O) groups excluding carboxylic acids is 2. The van der Waals surface area contributed by atoms with Gasteiger partial charge in [-0.3, -0.25) is 13.9 Å². The van der Waals surface area contributed by atoms with Crippen molar-refractivity contribution in [3.63, 3.8) is 0 Å². The van der Waals surface area contributed by atoms with Crippen molar-refractivity contribution in [2.24, 2.45) is 0 Å². The summed E-state index contributed by atoms with van der Waals surface area (Å²) in [4.78, 5) is 28.0. The zero-order valence-electron chi connectivity index (χ0n) is 22.3. The van der Waals surface area contributed by atoms with Crippen LogP contribution in [-0.2, 0) is 26.2 Å². The molecule has 1 atom stereocenters. The van der Waals surface area contributed by atoms with Crippen molar-refractivity contribution in [1.29, 1.82) is 0 Å². The van der Waals surface area contributed by atoms with Crippen molar-refractivity contribution in [2.75, 3.05) is 31.6 Å². The van der Waals surface area contributed by atoms with Crippen LogP contribution in [0.15, 0.2) is 77.7 Å². The lowest BCUT2D eigenvalue weighted by molar-refractivity contribution is -0.139. The second-order valence-corrected chi connectivity index (χ2v) is 10.9. The van der Waals surface area contributed by atoms with E-state index in [0.717, 1.165) is 9.87 Å². The Hall–Kier alpha value is -3.76. The molecule has 0 aliphatic heterocycles. The molecule has 0 unspecified atom stereocenters. The highest BCUT2D eigenvalue weighted by Gasteiger charge is 2.32. The minimum Gasteiger partial charge on any atom is -0.493 e. The van der Waals surface area contributed by atoms with Crippen LogP contribution < -0.4 is 19.1 Å². The molecule has 0 aliphatic rings. The van der Waals surface area contributed by atoms with Gasteiger partial charge in [-0.25, -0.2) is 8.42 Å². The van der Waals surface area contributed by atoms with Gasteiger partial charge in [0.1, 0.15) is 12.6 Å². The van der Waals surface area contributed by atoms with Gasteiger partial charge in [0.05, 0.1) is 24.8 Å². The molecule has 39 heavy (non-hydrogen) atoms. The first-order valence-electron chi connectivity index (χ1n) is 12.2. The number of likely N-dealkylation sites (N-methyl/N-ethyl adjacent to an activating group) is 1. The minimum absolute atomic E-state index is 0.00797. The second kappa shape index (κ2) is 13.3. The predicted octanol–water partition coefficient (Wildman–Crippen LogP) is 4.11. The first-order valence-corrected chi connectivity index (χ1v) is 14.1. The summed E-state index contributed by atoms with van der Waals surface area (Å²) in [5, 5.41) is 3.26. The molecule has 208 valence electrons. The van der Waals surface area contributed by atoms with E-state index in [1.807, 2.05) is 0 Å². The molecule has 0 saturated heterocycles. The van der Waals surface area contributed by atoms with E-state index in [1.165, 1.54) is 43.4 Å². The average Bonchev–Trinajstić information content (AvgIpc) is 2.95. The Morgan fingerprint density at radius 2 is 1.59 bits per heavy atom. The molecule has 1 N–H and O–H groups in total. The number of methoxy groups -OCH3 is 2. The van der Waals surface area contributed by atoms with Crippen LogP contribution in [0.2, 0.25) is 5.02 Å². The van der Waals surface area contributed by atoms with E-state index in [4.69, 9.17) is 21.1 Å². The van der Waals surface area contributed by atoms with E-state index in [9.17, 15) is 18.0 Å². The summed E-state index contributed by atoms with van der Waals surface area (Å²) in [6.07, 6.45) is 0. The average molecular weight is 574 g/mol. The number of carbonyl (C=O) groups is 2. The smallest absolute Gasteiger partial charge is 0.264 e. The number of amides is 2. The highest BCUT2D eigenvalue weighted by Crippen LogP contribution is 2.34. The van der Waals surface area contributed by atoms with Gasteiger partial charge in [0.2, 0.25) is 11.8 Å². The number of hydrogen-bond acceptors (Lipinski definition) is 6. The molecule has 0 aliphatic carbocycles. The second-order valence-electron chi connectivity index (χ2n) is 8.58. The standard InChI is InChI=1S/C28H32ClN3O6S/c1-5-30-28(34)20(2)31(18-21-11-13-22(29)14-12-21)27(33)19-32(39(35,36)24-9-7-6-8-10-24)23-15-16-25(37-3)26(17-23)38-4/h6-17,20H,5,18-19H2,1-4H3,(H,30,34)/t20-/m1/s1. The Morgan fingerprint density at radius 3 is 2.18 bits per heavy atom. The quantitative estimate of drug-likeness (QED) is 0.350. The van der Waals surface area contributed by atoms with Crippen LogP contribution in [0.1, 0.15) is 19.4 Å². The Bertz CT molecular complexity index is 1380. The maximum Gasteiger partial charge on any atom is 0.264 e. The summed E-state index contributed by atoms with van der Waals surface area (Å²) < 4.78 is 39.3. The van der Waals surface area contributed by atoms with Crippen molar-refractivity contribution in [3.8, 4) is 11.5 Å². The van der Waals surface area contributed by atoms with E-state index in [-0.39, 0.29) is 23.0 Å². The number of hydrogen-bond donors (Lipinski definition) is 1. The summed E-state index contributed by atoms with van der Waals surface area (Å²) in [6.45, 7) is 3.27. The lowest BCUT2D eigenvalue weighted by Crippen LogP contribution is -2.51. The van der Waals surface area contributed by atoms with Gasteiger partial charge >= 0.3 is 0 Å². The number of sulfonamides is 1. The van der Waals surface area contributed by atoms with Crippen LogP contribution in [0.3, 0.4) is 0 Å². The van der Waals surface area contributed by atoms with Gasteiger partial charge < -0.3 is 19.7 Å². The molecule has 0 saturated carbocycles. The molecular formula is C28H32ClN3O6S. The Labute approximate surface area is 234 Å². The third-order valence-corrected chi connectivity index (χ3v) is 8.09. The summed E-state index contributed by atoms with van der Waals surface area (Å²) in [7, 11) is -1.29. The van der Waals surface area contributed by atoms with Crippen LogP contribution in [-0.4, -0.2) is 58.5 Å². The van der Waals surface area contributed by atoms with E-state index < -0.39 is 28.5 Å². The highest BCUT2D eigenvalue weighted by atomic mass is 35.5. The van der Waals surface area contributed by atoms with Gasteiger partial charge in [0, 0.05) is 24.2 Å². The summed E-state index contributed by atoms with van der Waals surface area (Å²) in [6, 6.07) is 18.4. The van der Waals surface area contributed by atoms with E-state index in [1.54, 1.807) is 62.4 Å². The number of rotatable bonds is 12. The first kappa shape index (κ1) is 29.8. The molecule has 0 radical (unpaired) electrons. The van der Waals surface area contributed by atoms with Crippen LogP contribution in [0.5, 0.6) is 11.5 Å². The van der Waals surface area contributed by atoms with Crippen LogP contribution in [0.4, 0.5) is 5.69 Å². The minimum atomic E-state index is -4.19. The van der Waals surface area contributed by atoms with Crippen molar-refractivity contribution >= 4 is 39.1 Å².